The molecule has 0 aromatic heterocycles. The molecular weight excluding hydrogens is 267 g/mol. The molecule has 0 fully saturated rings. The van der Waals surface area contributed by atoms with Crippen molar-refractivity contribution in [3.05, 3.63) is 29.8 Å². The predicted molar refractivity (Wildman–Crippen MR) is 70.7 cm³/mol. The molecule has 0 bridgehead atoms. The van der Waals surface area contributed by atoms with Gasteiger partial charge in [-0.25, -0.2) is 4.57 Å². The average molecular weight is 284 g/mol. The van der Waals surface area contributed by atoms with E-state index < -0.39 is 7.82 Å². The van der Waals surface area contributed by atoms with Crippen LogP contribution >= 0.6 is 7.82 Å². The van der Waals surface area contributed by atoms with Crippen LogP contribution in [0.1, 0.15) is 5.56 Å². The molecule has 1 N–H and O–H groups in total. The zero-order chi connectivity index (χ0) is 14.3. The highest BCUT2D eigenvalue weighted by Crippen LogP contribution is 2.43. The minimum Gasteiger partial charge on any atom is -0.404 e. The van der Waals surface area contributed by atoms with Crippen molar-refractivity contribution in [2.45, 2.75) is 6.42 Å². The Morgan fingerprint density at radius 2 is 2.21 bits per heavy atom. The van der Waals surface area contributed by atoms with E-state index in [1.807, 2.05) is 25.1 Å². The maximum absolute atomic E-state index is 11.7. The number of phosphoric ester groups is 1. The summed E-state index contributed by atoms with van der Waals surface area (Å²) in [5.41, 5.74) is 0.716. The van der Waals surface area contributed by atoms with Crippen LogP contribution in [0.2, 0.25) is 0 Å². The first-order valence-electron chi connectivity index (χ1n) is 5.70. The summed E-state index contributed by atoms with van der Waals surface area (Å²) >= 11 is 0. The van der Waals surface area contributed by atoms with E-state index in [2.05, 4.69) is 0 Å². The van der Waals surface area contributed by atoms with Crippen LogP contribution in [0.4, 0.5) is 0 Å². The van der Waals surface area contributed by atoms with Gasteiger partial charge in [0.05, 0.1) is 19.1 Å². The van der Waals surface area contributed by atoms with Gasteiger partial charge in [-0.3, -0.25) is 9.42 Å². The summed E-state index contributed by atoms with van der Waals surface area (Å²) in [6, 6.07) is 8.48. The van der Waals surface area contributed by atoms with Gasteiger partial charge < -0.3 is 9.42 Å². The third-order valence-electron chi connectivity index (χ3n) is 2.20. The molecule has 0 saturated carbocycles. The molecule has 0 radical (unpaired) electrons. The van der Waals surface area contributed by atoms with Crippen LogP contribution in [0.15, 0.2) is 24.3 Å². The van der Waals surface area contributed by atoms with Gasteiger partial charge in [-0.15, -0.1) is 0 Å². The monoisotopic (exact) mass is 284 g/mol. The molecule has 0 aliphatic rings. The fourth-order valence-electron chi connectivity index (χ4n) is 1.30. The topological polar surface area (TPSA) is 82.8 Å². The van der Waals surface area contributed by atoms with Crippen molar-refractivity contribution >= 4 is 7.82 Å². The minimum absolute atomic E-state index is 0.0959. The van der Waals surface area contributed by atoms with Crippen molar-refractivity contribution in [1.29, 1.82) is 5.26 Å². The Hall–Kier alpha value is -1.38. The number of benzene rings is 1. The van der Waals surface area contributed by atoms with E-state index in [4.69, 9.17) is 14.3 Å². The molecular formula is C12H17N2O4P. The molecule has 0 saturated heterocycles. The Morgan fingerprint density at radius 3 is 2.84 bits per heavy atom. The van der Waals surface area contributed by atoms with Crippen molar-refractivity contribution in [2.75, 3.05) is 27.2 Å². The fourth-order valence-corrected chi connectivity index (χ4v) is 2.05. The molecule has 1 atom stereocenters. The van der Waals surface area contributed by atoms with Crippen molar-refractivity contribution in [3.63, 3.8) is 0 Å². The molecule has 0 aliphatic heterocycles. The Balaban J connectivity index is 2.59. The first kappa shape index (κ1) is 15.7. The lowest BCUT2D eigenvalue weighted by molar-refractivity contribution is 0.185. The maximum Gasteiger partial charge on any atom is 0.527 e. The van der Waals surface area contributed by atoms with E-state index >= 15 is 0 Å². The lowest BCUT2D eigenvalue weighted by Crippen LogP contribution is -2.17. The SMILES string of the molecule is CN(C)CCOP(=O)(O)Oc1cccc(CC#N)c1. The second-order valence-electron chi connectivity index (χ2n) is 4.18. The lowest BCUT2D eigenvalue weighted by atomic mass is 10.2. The largest absolute Gasteiger partial charge is 0.527 e. The number of nitriles is 1. The van der Waals surface area contributed by atoms with E-state index in [0.717, 1.165) is 0 Å². The van der Waals surface area contributed by atoms with Crippen LogP contribution in [-0.4, -0.2) is 37.0 Å². The fraction of sp³-hybridized carbons (Fsp3) is 0.417. The molecule has 1 aromatic carbocycles. The third kappa shape index (κ3) is 6.37. The van der Waals surface area contributed by atoms with E-state index in [0.29, 0.717) is 12.1 Å². The van der Waals surface area contributed by atoms with Gasteiger partial charge in [-0.05, 0) is 31.8 Å². The van der Waals surface area contributed by atoms with Crippen molar-refractivity contribution in [2.24, 2.45) is 0 Å². The highest BCUT2D eigenvalue weighted by Gasteiger charge is 2.22. The quantitative estimate of drug-likeness (QED) is 0.769. The number of hydrogen-bond acceptors (Lipinski definition) is 5. The summed E-state index contributed by atoms with van der Waals surface area (Å²) in [6.07, 6.45) is 0.217. The molecule has 0 amide bonds. The van der Waals surface area contributed by atoms with Crippen LogP contribution in [0.25, 0.3) is 0 Å². The second kappa shape index (κ2) is 7.27. The Morgan fingerprint density at radius 1 is 1.47 bits per heavy atom. The van der Waals surface area contributed by atoms with Gasteiger partial charge in [0.1, 0.15) is 5.75 Å². The van der Waals surface area contributed by atoms with Crippen molar-refractivity contribution in [1.82, 2.24) is 4.90 Å². The molecule has 0 spiro atoms. The summed E-state index contributed by atoms with van der Waals surface area (Å²) in [6.45, 7) is 0.612. The van der Waals surface area contributed by atoms with Crippen LogP contribution in [0.5, 0.6) is 5.75 Å². The van der Waals surface area contributed by atoms with E-state index in [9.17, 15) is 9.46 Å². The molecule has 6 nitrogen and oxygen atoms in total. The third-order valence-corrected chi connectivity index (χ3v) is 3.15. The summed E-state index contributed by atoms with van der Waals surface area (Å²) in [5, 5.41) is 8.59. The number of likely N-dealkylation sites (N-methyl/N-ethyl adjacent to an activating group) is 1. The zero-order valence-corrected chi connectivity index (χ0v) is 11.8. The van der Waals surface area contributed by atoms with Crippen LogP contribution in [-0.2, 0) is 15.5 Å². The van der Waals surface area contributed by atoms with E-state index in [1.165, 1.54) is 0 Å². The Kier molecular flexibility index (Phi) is 6.00. The normalized spacial score (nSPS) is 13.8. The van der Waals surface area contributed by atoms with Gasteiger partial charge in [-0.1, -0.05) is 12.1 Å². The highest BCUT2D eigenvalue weighted by atomic mass is 31.2. The zero-order valence-electron chi connectivity index (χ0n) is 10.9. The number of nitrogens with zero attached hydrogens (tertiary/aromatic N) is 2. The smallest absolute Gasteiger partial charge is 0.404 e. The summed E-state index contributed by atoms with van der Waals surface area (Å²) in [5.74, 6) is 0.212. The molecule has 1 aromatic rings. The Bertz CT molecular complexity index is 499. The Labute approximate surface area is 112 Å². The first-order chi connectivity index (χ1) is 8.93. The van der Waals surface area contributed by atoms with Crippen LogP contribution < -0.4 is 4.52 Å². The van der Waals surface area contributed by atoms with Gasteiger partial charge >= 0.3 is 7.82 Å². The molecule has 0 heterocycles. The van der Waals surface area contributed by atoms with E-state index in [1.54, 1.807) is 24.3 Å². The van der Waals surface area contributed by atoms with Gasteiger partial charge in [-0.2, -0.15) is 5.26 Å². The van der Waals surface area contributed by atoms with Gasteiger partial charge in [0.15, 0.2) is 0 Å². The molecule has 0 aliphatic carbocycles. The van der Waals surface area contributed by atoms with Gasteiger partial charge in [0.2, 0.25) is 0 Å². The average Bonchev–Trinajstić information content (AvgIpc) is 2.28. The minimum atomic E-state index is -4.12. The molecule has 19 heavy (non-hydrogen) atoms. The maximum atomic E-state index is 11.7. The second-order valence-corrected chi connectivity index (χ2v) is 5.56. The number of hydrogen-bond donors (Lipinski definition) is 1. The summed E-state index contributed by atoms with van der Waals surface area (Å²) in [7, 11) is -0.457. The number of rotatable bonds is 7. The standard InChI is InChI=1S/C12H17N2O4P/c1-14(2)8-9-17-19(15,16)18-12-5-3-4-11(10-12)6-7-13/h3-5,10H,6,8-9H2,1-2H3,(H,15,16). The highest BCUT2D eigenvalue weighted by molar-refractivity contribution is 7.47. The first-order valence-corrected chi connectivity index (χ1v) is 7.20. The van der Waals surface area contributed by atoms with Gasteiger partial charge in [0, 0.05) is 6.54 Å². The van der Waals surface area contributed by atoms with Crippen LogP contribution in [0, 0.1) is 11.3 Å². The van der Waals surface area contributed by atoms with Gasteiger partial charge in [0.25, 0.3) is 0 Å². The molecule has 1 unspecified atom stereocenters. The predicted octanol–water partition coefficient (Wildman–Crippen LogP) is 1.81. The van der Waals surface area contributed by atoms with Crippen molar-refractivity contribution in [3.8, 4) is 11.8 Å². The molecule has 7 heteroatoms. The molecule has 104 valence electrons. The lowest BCUT2D eigenvalue weighted by Gasteiger charge is -2.15. The molecule has 1 rings (SSSR count). The van der Waals surface area contributed by atoms with E-state index in [-0.39, 0.29) is 18.8 Å². The number of phosphoric acid groups is 1. The summed E-state index contributed by atoms with van der Waals surface area (Å²) in [4.78, 5) is 11.4. The summed E-state index contributed by atoms with van der Waals surface area (Å²) < 4.78 is 21.4. The van der Waals surface area contributed by atoms with Crippen molar-refractivity contribution < 1.29 is 18.5 Å². The van der Waals surface area contributed by atoms with Crippen LogP contribution in [0.3, 0.4) is 0 Å².